The van der Waals surface area contributed by atoms with Crippen LogP contribution in [0.4, 0.5) is 10.3 Å². The van der Waals surface area contributed by atoms with Crippen molar-refractivity contribution in [3.05, 3.63) is 75.6 Å². The number of nitrogen functional groups attached to an aromatic ring is 1. The molecule has 0 radical (unpaired) electrons. The topological polar surface area (TPSA) is 123 Å². The van der Waals surface area contributed by atoms with Crippen molar-refractivity contribution in [2.45, 2.75) is 32.3 Å². The maximum Gasteiger partial charge on any atom is 0.265 e. The van der Waals surface area contributed by atoms with Gasteiger partial charge in [-0.05, 0) is 54.8 Å². The average Bonchev–Trinajstić information content (AvgIpc) is 3.61. The molecule has 0 atom stereocenters. The summed E-state index contributed by atoms with van der Waals surface area (Å²) < 4.78 is 16.4. The van der Waals surface area contributed by atoms with Crippen molar-refractivity contribution in [1.82, 2.24) is 24.7 Å². The number of aliphatic hydroxyl groups excluding tert-OH is 1. The predicted octanol–water partition coefficient (Wildman–Crippen LogP) is 3.72. The monoisotopic (exact) mass is 456 g/mol. The summed E-state index contributed by atoms with van der Waals surface area (Å²) >= 11 is 0. The first kappa shape index (κ1) is 20.5. The molecule has 170 valence electrons. The normalized spacial score (nSPS) is 13.7. The molecule has 3 heterocycles. The van der Waals surface area contributed by atoms with Crippen LogP contribution in [0.3, 0.4) is 0 Å². The molecule has 1 aliphatic rings. The Bertz CT molecular complexity index is 1670. The van der Waals surface area contributed by atoms with Gasteiger partial charge in [-0.1, -0.05) is 18.2 Å². The number of benzene rings is 2. The quantitative estimate of drug-likeness (QED) is 0.379. The van der Waals surface area contributed by atoms with Gasteiger partial charge in [0.15, 0.2) is 5.65 Å². The van der Waals surface area contributed by atoms with Gasteiger partial charge in [0.1, 0.15) is 5.82 Å². The van der Waals surface area contributed by atoms with Gasteiger partial charge >= 0.3 is 0 Å². The number of H-pyrrole nitrogens is 1. The summed E-state index contributed by atoms with van der Waals surface area (Å²) in [7, 11) is 0. The highest BCUT2D eigenvalue weighted by atomic mass is 19.1. The molecule has 3 aromatic heterocycles. The standard InChI is InChI=1S/C25H21FN6O2/c1-12-20-22(28-25(27)29-23(20)31-30-12)16-3-2-4-19(17(16)11-33)32-8-7-14-9-15(13-5-6-13)10-18(26)21(14)24(32)34/h2-4,7-10,13,33H,5-6,11H2,1H3,(H3,27,28,29,30,31). The molecule has 0 saturated heterocycles. The summed E-state index contributed by atoms with van der Waals surface area (Å²) in [6.45, 7) is 1.47. The molecule has 0 amide bonds. The van der Waals surface area contributed by atoms with Gasteiger partial charge < -0.3 is 10.8 Å². The fourth-order valence-corrected chi connectivity index (χ4v) is 4.66. The van der Waals surface area contributed by atoms with Crippen LogP contribution >= 0.6 is 0 Å². The van der Waals surface area contributed by atoms with Crippen LogP contribution < -0.4 is 11.3 Å². The number of aryl methyl sites for hydroxylation is 1. The molecular weight excluding hydrogens is 435 g/mol. The minimum atomic E-state index is -0.528. The molecule has 0 unspecified atom stereocenters. The smallest absolute Gasteiger partial charge is 0.265 e. The summed E-state index contributed by atoms with van der Waals surface area (Å²) in [5.41, 5.74) is 9.48. The second kappa shape index (κ2) is 7.46. The fourth-order valence-electron chi connectivity index (χ4n) is 4.66. The molecule has 6 rings (SSSR count). The average molecular weight is 456 g/mol. The molecule has 34 heavy (non-hydrogen) atoms. The predicted molar refractivity (Wildman–Crippen MR) is 127 cm³/mol. The lowest BCUT2D eigenvalue weighted by molar-refractivity contribution is 0.282. The highest BCUT2D eigenvalue weighted by molar-refractivity contribution is 5.94. The Hall–Kier alpha value is -4.11. The molecular formula is C25H21FN6O2. The minimum Gasteiger partial charge on any atom is -0.392 e. The number of rotatable bonds is 4. The first-order valence-corrected chi connectivity index (χ1v) is 11.0. The number of hydrogen-bond acceptors (Lipinski definition) is 6. The summed E-state index contributed by atoms with van der Waals surface area (Å²) in [4.78, 5) is 22.0. The third-order valence-corrected chi connectivity index (χ3v) is 6.46. The number of fused-ring (bicyclic) bond motifs is 2. The Balaban J connectivity index is 1.59. The van der Waals surface area contributed by atoms with Gasteiger partial charge in [0.2, 0.25) is 5.95 Å². The third kappa shape index (κ3) is 3.08. The number of halogens is 1. The van der Waals surface area contributed by atoms with Crippen molar-refractivity contribution in [3.63, 3.8) is 0 Å². The lowest BCUT2D eigenvalue weighted by Gasteiger charge is -2.16. The van der Waals surface area contributed by atoms with Crippen molar-refractivity contribution < 1.29 is 9.50 Å². The number of nitrogens with zero attached hydrogens (tertiary/aromatic N) is 4. The summed E-state index contributed by atoms with van der Waals surface area (Å²) in [6.07, 6.45) is 3.71. The second-order valence-corrected chi connectivity index (χ2v) is 8.67. The van der Waals surface area contributed by atoms with E-state index in [9.17, 15) is 9.90 Å². The maximum atomic E-state index is 15.0. The molecule has 1 aliphatic carbocycles. The highest BCUT2D eigenvalue weighted by Crippen LogP contribution is 2.41. The lowest BCUT2D eigenvalue weighted by atomic mass is 9.99. The van der Waals surface area contributed by atoms with Crippen molar-refractivity contribution >= 4 is 27.8 Å². The van der Waals surface area contributed by atoms with Crippen LogP contribution in [0.15, 0.2) is 47.4 Å². The first-order chi connectivity index (χ1) is 16.5. The lowest BCUT2D eigenvalue weighted by Crippen LogP contribution is -2.20. The molecule has 0 aliphatic heterocycles. The maximum absolute atomic E-state index is 15.0. The highest BCUT2D eigenvalue weighted by Gasteiger charge is 2.25. The van der Waals surface area contributed by atoms with E-state index in [2.05, 4.69) is 20.2 Å². The first-order valence-electron chi connectivity index (χ1n) is 11.0. The molecule has 1 fully saturated rings. The van der Waals surface area contributed by atoms with Crippen LogP contribution in [-0.2, 0) is 6.61 Å². The van der Waals surface area contributed by atoms with Crippen LogP contribution in [0.1, 0.15) is 35.6 Å². The molecule has 2 aromatic carbocycles. The summed E-state index contributed by atoms with van der Waals surface area (Å²) in [6, 6.07) is 10.4. The van der Waals surface area contributed by atoms with Crippen molar-refractivity contribution in [2.24, 2.45) is 0 Å². The molecule has 9 heteroatoms. The number of nitrogens with two attached hydrogens (primary N) is 1. The van der Waals surface area contributed by atoms with E-state index in [0.717, 1.165) is 24.1 Å². The second-order valence-electron chi connectivity index (χ2n) is 8.67. The molecule has 5 aromatic rings. The Labute approximate surface area is 192 Å². The van der Waals surface area contributed by atoms with E-state index in [1.54, 1.807) is 30.5 Å². The SMILES string of the molecule is Cc1[nH]nc2nc(N)nc(-c3cccc(-n4ccc5cc(C6CC6)cc(F)c5c4=O)c3CO)c12. The van der Waals surface area contributed by atoms with E-state index in [1.165, 1.54) is 10.6 Å². The van der Waals surface area contributed by atoms with Gasteiger partial charge in [-0.3, -0.25) is 14.5 Å². The Morgan fingerprint density at radius 1 is 1.21 bits per heavy atom. The van der Waals surface area contributed by atoms with E-state index in [4.69, 9.17) is 5.73 Å². The van der Waals surface area contributed by atoms with E-state index in [-0.39, 0.29) is 17.9 Å². The van der Waals surface area contributed by atoms with E-state index in [1.807, 2.05) is 13.0 Å². The molecule has 0 bridgehead atoms. The summed E-state index contributed by atoms with van der Waals surface area (Å²) in [5, 5.41) is 18.7. The van der Waals surface area contributed by atoms with Crippen molar-refractivity contribution in [1.29, 1.82) is 0 Å². The Morgan fingerprint density at radius 2 is 2.03 bits per heavy atom. The number of nitrogens with one attached hydrogen (secondary N) is 1. The van der Waals surface area contributed by atoms with Gasteiger partial charge in [-0.15, -0.1) is 0 Å². The van der Waals surface area contributed by atoms with E-state index < -0.39 is 11.4 Å². The van der Waals surface area contributed by atoms with Gasteiger partial charge in [0.05, 0.1) is 28.8 Å². The van der Waals surface area contributed by atoms with E-state index >= 15 is 4.39 Å². The molecule has 1 saturated carbocycles. The van der Waals surface area contributed by atoms with Gasteiger partial charge in [-0.2, -0.15) is 10.1 Å². The zero-order valence-electron chi connectivity index (χ0n) is 18.3. The van der Waals surface area contributed by atoms with Crippen LogP contribution in [0.5, 0.6) is 0 Å². The van der Waals surface area contributed by atoms with Crippen LogP contribution in [0.25, 0.3) is 38.8 Å². The number of aliphatic hydroxyl groups is 1. The van der Waals surface area contributed by atoms with E-state index in [0.29, 0.717) is 44.8 Å². The summed E-state index contributed by atoms with van der Waals surface area (Å²) in [5.74, 6) is -0.109. The Morgan fingerprint density at radius 3 is 2.79 bits per heavy atom. The number of aromatic nitrogens is 5. The molecule has 4 N–H and O–H groups in total. The molecule has 8 nitrogen and oxygen atoms in total. The van der Waals surface area contributed by atoms with Crippen molar-refractivity contribution in [3.8, 4) is 16.9 Å². The van der Waals surface area contributed by atoms with Gasteiger partial charge in [-0.25, -0.2) is 9.37 Å². The zero-order valence-corrected chi connectivity index (χ0v) is 18.3. The minimum absolute atomic E-state index is 0.0283. The Kier molecular flexibility index (Phi) is 4.50. The fraction of sp³-hybridized carbons (Fsp3) is 0.200. The van der Waals surface area contributed by atoms with Crippen LogP contribution in [-0.4, -0.2) is 29.8 Å². The number of hydrogen-bond donors (Lipinski definition) is 3. The largest absolute Gasteiger partial charge is 0.392 e. The molecule has 0 spiro atoms. The number of aromatic amines is 1. The third-order valence-electron chi connectivity index (χ3n) is 6.46. The zero-order chi connectivity index (χ0) is 23.6. The van der Waals surface area contributed by atoms with Gasteiger partial charge in [0, 0.05) is 23.0 Å². The van der Waals surface area contributed by atoms with Gasteiger partial charge in [0.25, 0.3) is 5.56 Å². The number of anilines is 1. The van der Waals surface area contributed by atoms with Crippen LogP contribution in [0, 0.1) is 12.7 Å². The van der Waals surface area contributed by atoms with Crippen molar-refractivity contribution in [2.75, 3.05) is 5.73 Å². The van der Waals surface area contributed by atoms with Crippen LogP contribution in [0.2, 0.25) is 0 Å². The number of pyridine rings is 1.